The van der Waals surface area contributed by atoms with E-state index in [1.807, 2.05) is 41.7 Å². The molecule has 0 atom stereocenters. The van der Waals surface area contributed by atoms with Gasteiger partial charge in [0.15, 0.2) is 0 Å². The molecule has 0 saturated heterocycles. The molecule has 1 aromatic carbocycles. The third-order valence-electron chi connectivity index (χ3n) is 2.91. The second-order valence-corrected chi connectivity index (χ2v) is 5.72. The highest BCUT2D eigenvalue weighted by Gasteiger charge is 2.04. The minimum absolute atomic E-state index is 0.941. The van der Waals surface area contributed by atoms with Gasteiger partial charge in [0.25, 0.3) is 0 Å². The smallest absolute Gasteiger partial charge is 0.140 e. The molecule has 0 bridgehead atoms. The van der Waals surface area contributed by atoms with E-state index in [4.69, 9.17) is 0 Å². The van der Waals surface area contributed by atoms with Crippen molar-refractivity contribution in [2.45, 2.75) is 18.7 Å². The van der Waals surface area contributed by atoms with Gasteiger partial charge in [0.2, 0.25) is 0 Å². The normalized spacial score (nSPS) is 11.1. The summed E-state index contributed by atoms with van der Waals surface area (Å²) in [5, 5.41) is 0. The number of benzene rings is 1. The summed E-state index contributed by atoms with van der Waals surface area (Å²) in [7, 11) is 0. The van der Waals surface area contributed by atoms with Crippen LogP contribution < -0.4 is 0 Å². The zero-order chi connectivity index (χ0) is 13.2. The van der Waals surface area contributed by atoms with Gasteiger partial charge >= 0.3 is 0 Å². The van der Waals surface area contributed by atoms with Crippen molar-refractivity contribution in [3.05, 3.63) is 48.5 Å². The first kappa shape index (κ1) is 12.2. The van der Waals surface area contributed by atoms with Crippen molar-refractivity contribution in [2.75, 3.05) is 5.75 Å². The van der Waals surface area contributed by atoms with E-state index in [0.717, 1.165) is 28.4 Å². The molecule has 0 fully saturated rings. The van der Waals surface area contributed by atoms with Gasteiger partial charge < -0.3 is 0 Å². The van der Waals surface area contributed by atoms with E-state index in [9.17, 15) is 0 Å². The zero-order valence-electron chi connectivity index (χ0n) is 11.0. The van der Waals surface area contributed by atoms with Crippen LogP contribution in [0.25, 0.3) is 16.9 Å². The predicted octanol–water partition coefficient (Wildman–Crippen LogP) is 3.82. The second kappa shape index (κ2) is 5.05. The maximum absolute atomic E-state index is 4.51. The van der Waals surface area contributed by atoms with Gasteiger partial charge in [-0.1, -0.05) is 19.1 Å². The van der Waals surface area contributed by atoms with Crippen LogP contribution in [0.2, 0.25) is 0 Å². The lowest BCUT2D eigenvalue weighted by Crippen LogP contribution is -1.89. The molecule has 0 aliphatic rings. The molecule has 3 aromatic rings. The lowest BCUT2D eigenvalue weighted by atomic mass is 10.1. The van der Waals surface area contributed by atoms with E-state index in [0.29, 0.717) is 0 Å². The Morgan fingerprint density at radius 2 is 2.16 bits per heavy atom. The summed E-state index contributed by atoms with van der Waals surface area (Å²) < 4.78 is 1.95. The summed E-state index contributed by atoms with van der Waals surface area (Å²) >= 11 is 1.84. The van der Waals surface area contributed by atoms with Crippen LogP contribution in [-0.2, 0) is 0 Å². The molecule has 0 saturated carbocycles. The number of nitrogens with zero attached hydrogens (tertiary/aromatic N) is 3. The third-order valence-corrected chi connectivity index (χ3v) is 3.79. The van der Waals surface area contributed by atoms with Crippen LogP contribution in [-0.4, -0.2) is 20.1 Å². The molecule has 3 nitrogen and oxygen atoms in total. The topological polar surface area (TPSA) is 30.2 Å². The van der Waals surface area contributed by atoms with Gasteiger partial charge in [-0.05, 0) is 24.8 Å². The van der Waals surface area contributed by atoms with E-state index in [-0.39, 0.29) is 0 Å². The van der Waals surface area contributed by atoms with Crippen molar-refractivity contribution in [3.63, 3.8) is 0 Å². The molecule has 0 N–H and O–H groups in total. The van der Waals surface area contributed by atoms with E-state index >= 15 is 0 Å². The molecular weight excluding hydrogens is 254 g/mol. The van der Waals surface area contributed by atoms with Gasteiger partial charge in [-0.2, -0.15) is 0 Å². The minimum Gasteiger partial charge on any atom is -0.290 e. The molecule has 3 rings (SSSR count). The SMILES string of the molecule is CCSc1cccc(-c2cc3nc(C)cn3cn2)c1. The summed E-state index contributed by atoms with van der Waals surface area (Å²) in [5.74, 6) is 1.08. The number of aromatic nitrogens is 3. The van der Waals surface area contributed by atoms with Crippen molar-refractivity contribution < 1.29 is 0 Å². The predicted molar refractivity (Wildman–Crippen MR) is 79.6 cm³/mol. The summed E-state index contributed by atoms with van der Waals surface area (Å²) in [6.07, 6.45) is 3.81. The largest absolute Gasteiger partial charge is 0.290 e. The van der Waals surface area contributed by atoms with Gasteiger partial charge in [-0.25, -0.2) is 9.97 Å². The molecule has 0 unspecified atom stereocenters. The number of aryl methyl sites for hydroxylation is 1. The van der Waals surface area contributed by atoms with Crippen LogP contribution >= 0.6 is 11.8 Å². The number of hydrogen-bond donors (Lipinski definition) is 0. The van der Waals surface area contributed by atoms with Crippen molar-refractivity contribution >= 4 is 17.4 Å². The summed E-state index contributed by atoms with van der Waals surface area (Å²) in [4.78, 5) is 10.3. The lowest BCUT2D eigenvalue weighted by Gasteiger charge is -2.04. The fourth-order valence-corrected chi connectivity index (χ4v) is 2.81. The van der Waals surface area contributed by atoms with Gasteiger partial charge in [0.1, 0.15) is 12.0 Å². The van der Waals surface area contributed by atoms with Crippen molar-refractivity contribution in [3.8, 4) is 11.3 Å². The van der Waals surface area contributed by atoms with E-state index in [1.54, 1.807) is 0 Å². The van der Waals surface area contributed by atoms with Gasteiger partial charge in [-0.3, -0.25) is 4.40 Å². The summed E-state index contributed by atoms with van der Waals surface area (Å²) in [6, 6.07) is 10.5. The Hall–Kier alpha value is -1.81. The summed E-state index contributed by atoms with van der Waals surface area (Å²) in [6.45, 7) is 4.15. The van der Waals surface area contributed by atoms with E-state index in [2.05, 4.69) is 41.2 Å². The van der Waals surface area contributed by atoms with Crippen LogP contribution in [0, 0.1) is 6.92 Å². The molecule has 0 radical (unpaired) electrons. The molecule has 0 amide bonds. The molecule has 0 aliphatic heterocycles. The molecule has 2 heterocycles. The Balaban J connectivity index is 2.05. The molecule has 0 aliphatic carbocycles. The highest BCUT2D eigenvalue weighted by Crippen LogP contribution is 2.24. The van der Waals surface area contributed by atoms with Crippen LogP contribution in [0.15, 0.2) is 47.8 Å². The minimum atomic E-state index is 0.941. The Labute approximate surface area is 116 Å². The molecule has 0 spiro atoms. The Kier molecular flexibility index (Phi) is 3.25. The maximum atomic E-state index is 4.51. The third kappa shape index (κ3) is 2.49. The molecular formula is C15H15N3S. The number of imidazole rings is 1. The first-order valence-corrected chi connectivity index (χ1v) is 7.29. The lowest BCUT2D eigenvalue weighted by molar-refractivity contribution is 1.09. The van der Waals surface area contributed by atoms with Crippen molar-refractivity contribution in [1.82, 2.24) is 14.4 Å². The Morgan fingerprint density at radius 3 is 3.00 bits per heavy atom. The fraction of sp³-hybridized carbons (Fsp3) is 0.200. The summed E-state index contributed by atoms with van der Waals surface area (Å²) in [5.41, 5.74) is 4.06. The second-order valence-electron chi connectivity index (χ2n) is 4.38. The molecule has 4 heteroatoms. The monoisotopic (exact) mass is 269 g/mol. The first-order chi connectivity index (χ1) is 9.26. The standard InChI is InChI=1S/C15H15N3S/c1-3-19-13-6-4-5-12(7-13)14-8-15-17-11(2)9-18(15)10-16-14/h4-10H,3H2,1-2H3. The number of rotatable bonds is 3. The van der Waals surface area contributed by atoms with Crippen molar-refractivity contribution in [1.29, 1.82) is 0 Å². The highest BCUT2D eigenvalue weighted by atomic mass is 32.2. The number of thioether (sulfide) groups is 1. The fourth-order valence-electron chi connectivity index (χ4n) is 2.09. The number of hydrogen-bond acceptors (Lipinski definition) is 3. The zero-order valence-corrected chi connectivity index (χ0v) is 11.8. The first-order valence-electron chi connectivity index (χ1n) is 6.31. The molecule has 19 heavy (non-hydrogen) atoms. The van der Waals surface area contributed by atoms with Crippen LogP contribution in [0.1, 0.15) is 12.6 Å². The molecule has 2 aromatic heterocycles. The van der Waals surface area contributed by atoms with Crippen LogP contribution in [0.5, 0.6) is 0 Å². The van der Waals surface area contributed by atoms with Crippen LogP contribution in [0.4, 0.5) is 0 Å². The van der Waals surface area contributed by atoms with Gasteiger partial charge in [0.05, 0.1) is 11.4 Å². The van der Waals surface area contributed by atoms with Gasteiger partial charge in [0, 0.05) is 22.7 Å². The Bertz CT molecular complexity index is 718. The number of fused-ring (bicyclic) bond motifs is 1. The van der Waals surface area contributed by atoms with Crippen molar-refractivity contribution in [2.24, 2.45) is 0 Å². The average Bonchev–Trinajstić information content (AvgIpc) is 2.78. The molecule has 96 valence electrons. The average molecular weight is 269 g/mol. The van der Waals surface area contributed by atoms with Gasteiger partial charge in [-0.15, -0.1) is 11.8 Å². The van der Waals surface area contributed by atoms with E-state index < -0.39 is 0 Å². The van der Waals surface area contributed by atoms with Crippen LogP contribution in [0.3, 0.4) is 0 Å². The Morgan fingerprint density at radius 1 is 1.26 bits per heavy atom. The highest BCUT2D eigenvalue weighted by molar-refractivity contribution is 7.99. The maximum Gasteiger partial charge on any atom is 0.140 e. The quantitative estimate of drug-likeness (QED) is 0.677. The van der Waals surface area contributed by atoms with E-state index in [1.165, 1.54) is 4.90 Å².